The largest absolute Gasteiger partial charge is 0.507 e. The van der Waals surface area contributed by atoms with Gasteiger partial charge in [-0.15, -0.1) is 0 Å². The van der Waals surface area contributed by atoms with E-state index in [2.05, 4.69) is 10.3 Å². The van der Waals surface area contributed by atoms with Gasteiger partial charge in [0.25, 0.3) is 0 Å². The molecule has 0 amide bonds. The van der Waals surface area contributed by atoms with Crippen LogP contribution in [0, 0.1) is 11.6 Å². The van der Waals surface area contributed by atoms with E-state index in [0.29, 0.717) is 17.5 Å². The van der Waals surface area contributed by atoms with Crippen LogP contribution in [0.3, 0.4) is 0 Å². The maximum Gasteiger partial charge on any atom is 0.344 e. The van der Waals surface area contributed by atoms with Crippen LogP contribution in [0.1, 0.15) is 11.3 Å². The van der Waals surface area contributed by atoms with Crippen LogP contribution in [0.5, 0.6) is 5.75 Å². The predicted molar refractivity (Wildman–Crippen MR) is 104 cm³/mol. The maximum atomic E-state index is 13.5. The van der Waals surface area contributed by atoms with Gasteiger partial charge >= 0.3 is 5.63 Å². The molecule has 2 heterocycles. The minimum atomic E-state index is -0.787. The monoisotopic (exact) mass is 394 g/mol. The van der Waals surface area contributed by atoms with E-state index >= 15 is 0 Å². The SMILES string of the molecule is O=c1oc2c(CNCc3ccccn3)c(O)ccc2cc1-c1cc(F)cc(F)c1. The second-order valence-electron chi connectivity index (χ2n) is 6.51. The number of halogens is 2. The molecule has 2 N–H and O–H groups in total. The number of hydrogen-bond acceptors (Lipinski definition) is 5. The first-order chi connectivity index (χ1) is 14.0. The van der Waals surface area contributed by atoms with Gasteiger partial charge in [0.05, 0.1) is 16.8 Å². The molecule has 0 atom stereocenters. The molecule has 5 nitrogen and oxygen atoms in total. The molecule has 146 valence electrons. The fourth-order valence-corrected chi connectivity index (χ4v) is 3.13. The summed E-state index contributed by atoms with van der Waals surface area (Å²) in [6.45, 7) is 0.693. The van der Waals surface area contributed by atoms with Gasteiger partial charge in [0.15, 0.2) is 0 Å². The Morgan fingerprint density at radius 1 is 1.00 bits per heavy atom. The minimum absolute atomic E-state index is 0.0290. The van der Waals surface area contributed by atoms with Gasteiger partial charge < -0.3 is 14.8 Å². The smallest absolute Gasteiger partial charge is 0.344 e. The number of aromatic hydroxyl groups is 1. The first-order valence-electron chi connectivity index (χ1n) is 8.87. The zero-order valence-corrected chi connectivity index (χ0v) is 15.2. The average Bonchev–Trinajstić information content (AvgIpc) is 2.69. The number of aromatic nitrogens is 1. The Balaban J connectivity index is 1.70. The summed E-state index contributed by atoms with van der Waals surface area (Å²) in [6, 6.07) is 13.0. The van der Waals surface area contributed by atoms with E-state index in [1.807, 2.05) is 18.2 Å². The second-order valence-corrected chi connectivity index (χ2v) is 6.51. The number of phenolic OH excluding ortho intramolecular Hbond substituents is 1. The number of rotatable bonds is 5. The van der Waals surface area contributed by atoms with E-state index in [9.17, 15) is 18.7 Å². The molecule has 0 spiro atoms. The van der Waals surface area contributed by atoms with Gasteiger partial charge in [0.2, 0.25) is 0 Å². The summed E-state index contributed by atoms with van der Waals surface area (Å²) in [6.07, 6.45) is 1.68. The number of phenols is 1. The highest BCUT2D eigenvalue weighted by Crippen LogP contribution is 2.29. The highest BCUT2D eigenvalue weighted by molar-refractivity contribution is 5.85. The van der Waals surface area contributed by atoms with Crippen LogP contribution < -0.4 is 10.9 Å². The second kappa shape index (κ2) is 7.81. The topological polar surface area (TPSA) is 75.4 Å². The quantitative estimate of drug-likeness (QED) is 0.498. The van der Waals surface area contributed by atoms with Crippen LogP contribution >= 0.6 is 0 Å². The van der Waals surface area contributed by atoms with Crippen molar-refractivity contribution in [1.82, 2.24) is 10.3 Å². The summed E-state index contributed by atoms with van der Waals surface area (Å²) in [5.74, 6) is -1.60. The molecular formula is C22H16F2N2O3. The van der Waals surface area contributed by atoms with Crippen LogP contribution in [0.25, 0.3) is 22.1 Å². The van der Waals surface area contributed by atoms with Gasteiger partial charge in [-0.2, -0.15) is 0 Å². The van der Waals surface area contributed by atoms with Crippen molar-refractivity contribution >= 4 is 11.0 Å². The zero-order chi connectivity index (χ0) is 20.4. The Labute approximate surface area is 164 Å². The lowest BCUT2D eigenvalue weighted by molar-refractivity contribution is 0.460. The number of benzene rings is 2. The molecule has 0 saturated heterocycles. The fourth-order valence-electron chi connectivity index (χ4n) is 3.13. The van der Waals surface area contributed by atoms with Crippen molar-refractivity contribution in [3.05, 3.63) is 94.1 Å². The predicted octanol–water partition coefficient (Wildman–Crippen LogP) is 4.13. The Hall–Kier alpha value is -3.58. The van der Waals surface area contributed by atoms with E-state index in [1.54, 1.807) is 12.3 Å². The van der Waals surface area contributed by atoms with Crippen molar-refractivity contribution in [1.29, 1.82) is 0 Å². The molecule has 29 heavy (non-hydrogen) atoms. The van der Waals surface area contributed by atoms with Crippen LogP contribution in [0.4, 0.5) is 8.78 Å². The van der Waals surface area contributed by atoms with E-state index < -0.39 is 17.3 Å². The fraction of sp³-hybridized carbons (Fsp3) is 0.0909. The van der Waals surface area contributed by atoms with Crippen LogP contribution in [0.15, 0.2) is 70.0 Å². The van der Waals surface area contributed by atoms with Crippen molar-refractivity contribution < 1.29 is 18.3 Å². The summed E-state index contributed by atoms with van der Waals surface area (Å²) in [5, 5.41) is 13.9. The molecule has 0 unspecified atom stereocenters. The highest BCUT2D eigenvalue weighted by Gasteiger charge is 2.15. The molecule has 7 heteroatoms. The van der Waals surface area contributed by atoms with Crippen molar-refractivity contribution in [2.45, 2.75) is 13.1 Å². The Kier molecular flexibility index (Phi) is 5.05. The number of hydrogen-bond donors (Lipinski definition) is 2. The molecule has 4 aromatic rings. The van der Waals surface area contributed by atoms with Crippen molar-refractivity contribution in [3.8, 4) is 16.9 Å². The summed E-state index contributed by atoms with van der Waals surface area (Å²) in [7, 11) is 0. The third-order valence-electron chi connectivity index (χ3n) is 4.49. The van der Waals surface area contributed by atoms with Crippen LogP contribution in [-0.2, 0) is 13.1 Å². The molecule has 2 aromatic heterocycles. The third-order valence-corrected chi connectivity index (χ3v) is 4.49. The molecule has 0 aliphatic carbocycles. The standard InChI is InChI=1S/C22H16F2N2O3/c23-15-7-14(8-16(24)10-15)18-9-13-4-5-20(27)19(21(13)29-22(18)28)12-25-11-17-3-1-2-6-26-17/h1-10,25,27H,11-12H2. The maximum absolute atomic E-state index is 13.5. The van der Waals surface area contributed by atoms with E-state index in [-0.39, 0.29) is 29.0 Å². The summed E-state index contributed by atoms with van der Waals surface area (Å²) < 4.78 is 32.5. The summed E-state index contributed by atoms with van der Waals surface area (Å²) in [5.41, 5.74) is 0.815. The molecular weight excluding hydrogens is 378 g/mol. The number of nitrogens with one attached hydrogen (secondary N) is 1. The van der Waals surface area contributed by atoms with E-state index in [1.165, 1.54) is 12.1 Å². The summed E-state index contributed by atoms with van der Waals surface area (Å²) >= 11 is 0. The molecule has 2 aromatic carbocycles. The number of fused-ring (bicyclic) bond motifs is 1. The van der Waals surface area contributed by atoms with Gasteiger partial charge in [-0.1, -0.05) is 6.07 Å². The number of pyridine rings is 1. The summed E-state index contributed by atoms with van der Waals surface area (Å²) in [4.78, 5) is 16.7. The van der Waals surface area contributed by atoms with Gasteiger partial charge in [0, 0.05) is 30.7 Å². The molecule has 0 saturated carbocycles. The lowest BCUT2D eigenvalue weighted by Crippen LogP contribution is -2.14. The van der Waals surface area contributed by atoms with E-state index in [4.69, 9.17) is 4.42 Å². The van der Waals surface area contributed by atoms with Crippen molar-refractivity contribution in [2.75, 3.05) is 0 Å². The highest BCUT2D eigenvalue weighted by atomic mass is 19.1. The first-order valence-corrected chi connectivity index (χ1v) is 8.87. The number of nitrogens with zero attached hydrogens (tertiary/aromatic N) is 1. The molecule has 0 aliphatic rings. The van der Waals surface area contributed by atoms with Crippen LogP contribution in [-0.4, -0.2) is 10.1 Å². The van der Waals surface area contributed by atoms with Crippen LogP contribution in [0.2, 0.25) is 0 Å². The van der Waals surface area contributed by atoms with Gasteiger partial charge in [0.1, 0.15) is 23.0 Å². The van der Waals surface area contributed by atoms with Gasteiger partial charge in [-0.3, -0.25) is 4.98 Å². The minimum Gasteiger partial charge on any atom is -0.507 e. The van der Waals surface area contributed by atoms with E-state index in [0.717, 1.165) is 23.9 Å². The molecule has 4 rings (SSSR count). The Morgan fingerprint density at radius 3 is 2.52 bits per heavy atom. The Morgan fingerprint density at radius 2 is 1.79 bits per heavy atom. The molecule has 0 aliphatic heterocycles. The molecule has 0 bridgehead atoms. The lowest BCUT2D eigenvalue weighted by atomic mass is 10.0. The third kappa shape index (κ3) is 4.00. The van der Waals surface area contributed by atoms with Gasteiger partial charge in [-0.05, 0) is 48.0 Å². The first kappa shape index (κ1) is 18.8. The normalized spacial score (nSPS) is 11.1. The molecule has 0 fully saturated rings. The van der Waals surface area contributed by atoms with Crippen molar-refractivity contribution in [2.24, 2.45) is 0 Å². The molecule has 0 radical (unpaired) electrons. The lowest BCUT2D eigenvalue weighted by Gasteiger charge is -2.10. The Bertz CT molecular complexity index is 1220. The zero-order valence-electron chi connectivity index (χ0n) is 15.2. The van der Waals surface area contributed by atoms with Crippen molar-refractivity contribution in [3.63, 3.8) is 0 Å². The average molecular weight is 394 g/mol. The van der Waals surface area contributed by atoms with Gasteiger partial charge in [-0.25, -0.2) is 13.6 Å².